The zero-order valence-electron chi connectivity index (χ0n) is 7.35. The van der Waals surface area contributed by atoms with Crippen LogP contribution in [0.15, 0.2) is 22.6 Å². The summed E-state index contributed by atoms with van der Waals surface area (Å²) in [5.41, 5.74) is 1.92. The molecular formula is C9H8ClNO3. The van der Waals surface area contributed by atoms with Gasteiger partial charge in [-0.2, -0.15) is 0 Å². The maximum absolute atomic E-state index is 10.5. The first-order valence-corrected chi connectivity index (χ1v) is 3.77. The van der Waals surface area contributed by atoms with E-state index in [1.54, 1.807) is 12.1 Å². The van der Waals surface area contributed by atoms with Crippen molar-refractivity contribution in [3.8, 4) is 0 Å². The third-order valence-corrected chi connectivity index (χ3v) is 1.72. The molecule has 0 radical (unpaired) electrons. The van der Waals surface area contributed by atoms with Gasteiger partial charge in [0.15, 0.2) is 5.58 Å². The molecule has 0 aliphatic heterocycles. The maximum atomic E-state index is 10.5. The van der Waals surface area contributed by atoms with Crippen molar-refractivity contribution in [2.24, 2.45) is 0 Å². The molecule has 0 spiro atoms. The molecule has 0 atom stereocenters. The van der Waals surface area contributed by atoms with Gasteiger partial charge in [0, 0.05) is 11.8 Å². The molecular weight excluding hydrogens is 206 g/mol. The molecule has 2 aromatic rings. The molecule has 0 amide bonds. The number of rotatable bonds is 1. The fourth-order valence-corrected chi connectivity index (χ4v) is 1.13. The van der Waals surface area contributed by atoms with Crippen LogP contribution in [0, 0.1) is 6.92 Å². The lowest BCUT2D eigenvalue weighted by molar-refractivity contribution is 0.0665. The lowest BCUT2D eigenvalue weighted by Crippen LogP contribution is -1.91. The topological polar surface area (TPSA) is 63.3 Å². The van der Waals surface area contributed by atoms with Crippen LogP contribution in [-0.2, 0) is 0 Å². The van der Waals surface area contributed by atoms with Crippen LogP contribution in [0.4, 0.5) is 0 Å². The number of pyridine rings is 1. The van der Waals surface area contributed by atoms with Crippen LogP contribution in [0.3, 0.4) is 0 Å². The van der Waals surface area contributed by atoms with Gasteiger partial charge in [-0.15, -0.1) is 12.4 Å². The number of aromatic carboxylic acids is 1. The summed E-state index contributed by atoms with van der Waals surface area (Å²) in [5.74, 6) is -1.15. The minimum Gasteiger partial charge on any atom is -0.475 e. The second-order valence-corrected chi connectivity index (χ2v) is 2.75. The SMILES string of the molecule is Cc1ccc2oc(C(=O)O)cc2n1.Cl. The van der Waals surface area contributed by atoms with Gasteiger partial charge in [-0.05, 0) is 19.1 Å². The monoisotopic (exact) mass is 213 g/mol. The van der Waals surface area contributed by atoms with Gasteiger partial charge in [0.05, 0.1) is 0 Å². The highest BCUT2D eigenvalue weighted by Crippen LogP contribution is 2.17. The molecule has 0 saturated heterocycles. The molecule has 74 valence electrons. The summed E-state index contributed by atoms with van der Waals surface area (Å²) in [7, 11) is 0. The number of furan rings is 1. The van der Waals surface area contributed by atoms with Crippen LogP contribution in [0.2, 0.25) is 0 Å². The van der Waals surface area contributed by atoms with E-state index in [1.165, 1.54) is 6.07 Å². The van der Waals surface area contributed by atoms with Gasteiger partial charge in [-0.3, -0.25) is 0 Å². The van der Waals surface area contributed by atoms with E-state index in [4.69, 9.17) is 9.52 Å². The molecule has 0 saturated carbocycles. The standard InChI is InChI=1S/C9H7NO3.ClH/c1-5-2-3-7-6(10-5)4-8(13-7)9(11)12;/h2-4H,1H3,(H,11,12);1H. The van der Waals surface area contributed by atoms with Gasteiger partial charge in [-0.1, -0.05) is 0 Å². The number of nitrogens with zero attached hydrogens (tertiary/aromatic N) is 1. The van der Waals surface area contributed by atoms with Crippen LogP contribution in [0.5, 0.6) is 0 Å². The molecule has 0 unspecified atom stereocenters. The van der Waals surface area contributed by atoms with Crippen LogP contribution in [0.1, 0.15) is 16.2 Å². The first-order chi connectivity index (χ1) is 6.16. The molecule has 0 fully saturated rings. The average Bonchev–Trinajstić information content (AvgIpc) is 2.46. The van der Waals surface area contributed by atoms with Crippen molar-refractivity contribution in [3.05, 3.63) is 29.7 Å². The van der Waals surface area contributed by atoms with Crippen molar-refractivity contribution in [2.75, 3.05) is 0 Å². The average molecular weight is 214 g/mol. The molecule has 0 aromatic carbocycles. The molecule has 2 aromatic heterocycles. The third-order valence-electron chi connectivity index (χ3n) is 1.72. The van der Waals surface area contributed by atoms with E-state index < -0.39 is 5.97 Å². The number of hydrogen-bond donors (Lipinski definition) is 1. The van der Waals surface area contributed by atoms with Crippen LogP contribution in [-0.4, -0.2) is 16.1 Å². The summed E-state index contributed by atoms with van der Waals surface area (Å²) in [6.45, 7) is 1.84. The Hall–Kier alpha value is -1.55. The highest BCUT2D eigenvalue weighted by atomic mass is 35.5. The largest absolute Gasteiger partial charge is 0.475 e. The summed E-state index contributed by atoms with van der Waals surface area (Å²) in [6.07, 6.45) is 0. The molecule has 0 aliphatic carbocycles. The molecule has 0 bridgehead atoms. The highest BCUT2D eigenvalue weighted by molar-refractivity contribution is 5.89. The van der Waals surface area contributed by atoms with Crippen molar-refractivity contribution in [1.82, 2.24) is 4.98 Å². The molecule has 14 heavy (non-hydrogen) atoms. The lowest BCUT2D eigenvalue weighted by Gasteiger charge is -1.88. The molecule has 5 heteroatoms. The Morgan fingerprint density at radius 1 is 1.50 bits per heavy atom. The first kappa shape index (κ1) is 10.5. The number of halogens is 1. The van der Waals surface area contributed by atoms with E-state index in [-0.39, 0.29) is 18.2 Å². The molecule has 1 N–H and O–H groups in total. The van der Waals surface area contributed by atoms with Crippen molar-refractivity contribution in [1.29, 1.82) is 0 Å². The van der Waals surface area contributed by atoms with E-state index in [0.29, 0.717) is 11.1 Å². The van der Waals surface area contributed by atoms with Crippen molar-refractivity contribution < 1.29 is 14.3 Å². The first-order valence-electron chi connectivity index (χ1n) is 3.77. The summed E-state index contributed by atoms with van der Waals surface area (Å²) < 4.78 is 5.02. The van der Waals surface area contributed by atoms with Gasteiger partial charge >= 0.3 is 5.97 Å². The minimum absolute atomic E-state index is 0. The smallest absolute Gasteiger partial charge is 0.371 e. The van der Waals surface area contributed by atoms with Gasteiger partial charge < -0.3 is 9.52 Å². The van der Waals surface area contributed by atoms with E-state index in [9.17, 15) is 4.79 Å². The summed E-state index contributed by atoms with van der Waals surface area (Å²) in [6, 6.07) is 4.91. The normalized spacial score (nSPS) is 9.79. The maximum Gasteiger partial charge on any atom is 0.371 e. The Labute approximate surface area is 86.0 Å². The van der Waals surface area contributed by atoms with Gasteiger partial charge in [0.25, 0.3) is 0 Å². The number of hydrogen-bond acceptors (Lipinski definition) is 3. The summed E-state index contributed by atoms with van der Waals surface area (Å²) >= 11 is 0. The van der Waals surface area contributed by atoms with Gasteiger partial charge in [0.1, 0.15) is 5.52 Å². The van der Waals surface area contributed by atoms with Crippen LogP contribution in [0.25, 0.3) is 11.1 Å². The Morgan fingerprint density at radius 3 is 2.86 bits per heavy atom. The van der Waals surface area contributed by atoms with Gasteiger partial charge in [0.2, 0.25) is 5.76 Å². The van der Waals surface area contributed by atoms with E-state index >= 15 is 0 Å². The van der Waals surface area contributed by atoms with E-state index in [2.05, 4.69) is 4.98 Å². The number of carboxylic acids is 1. The Kier molecular flexibility index (Phi) is 2.76. The van der Waals surface area contributed by atoms with Crippen LogP contribution >= 0.6 is 12.4 Å². The second kappa shape index (κ2) is 3.67. The van der Waals surface area contributed by atoms with E-state index in [1.807, 2.05) is 6.92 Å². The Balaban J connectivity index is 0.000000980. The predicted octanol–water partition coefficient (Wildman–Crippen LogP) is 2.26. The number of aromatic nitrogens is 1. The quantitative estimate of drug-likeness (QED) is 0.789. The van der Waals surface area contributed by atoms with E-state index in [0.717, 1.165) is 5.69 Å². The van der Waals surface area contributed by atoms with Crippen molar-refractivity contribution in [3.63, 3.8) is 0 Å². The second-order valence-electron chi connectivity index (χ2n) is 2.75. The van der Waals surface area contributed by atoms with Gasteiger partial charge in [-0.25, -0.2) is 9.78 Å². The highest BCUT2D eigenvalue weighted by Gasteiger charge is 2.10. The minimum atomic E-state index is -1.07. The predicted molar refractivity (Wildman–Crippen MR) is 53.0 cm³/mol. The number of carbonyl (C=O) groups is 1. The van der Waals surface area contributed by atoms with Crippen molar-refractivity contribution in [2.45, 2.75) is 6.92 Å². The van der Waals surface area contributed by atoms with Crippen molar-refractivity contribution >= 4 is 29.5 Å². The number of aryl methyl sites for hydroxylation is 1. The summed E-state index contributed by atoms with van der Waals surface area (Å²) in [4.78, 5) is 14.7. The lowest BCUT2D eigenvalue weighted by atomic mass is 10.3. The van der Waals surface area contributed by atoms with Crippen LogP contribution < -0.4 is 0 Å². The Bertz CT molecular complexity index is 478. The number of fused-ring (bicyclic) bond motifs is 1. The summed E-state index contributed by atoms with van der Waals surface area (Å²) in [5, 5.41) is 8.63. The fraction of sp³-hybridized carbons (Fsp3) is 0.111. The third kappa shape index (κ3) is 1.70. The Morgan fingerprint density at radius 2 is 2.21 bits per heavy atom. The molecule has 0 aliphatic rings. The zero-order valence-corrected chi connectivity index (χ0v) is 8.17. The molecule has 4 nitrogen and oxygen atoms in total. The zero-order chi connectivity index (χ0) is 9.42. The molecule has 2 heterocycles. The number of carboxylic acid groups (broad SMARTS) is 1. The molecule has 2 rings (SSSR count). The fourth-order valence-electron chi connectivity index (χ4n) is 1.13.